The van der Waals surface area contributed by atoms with E-state index in [2.05, 4.69) is 5.43 Å². The molecule has 3 rings (SSSR count). The first-order valence-electron chi connectivity index (χ1n) is 6.20. The Labute approximate surface area is 124 Å². The molecule has 0 saturated heterocycles. The second-order valence-electron chi connectivity index (χ2n) is 4.54. The summed E-state index contributed by atoms with van der Waals surface area (Å²) in [5.41, 5.74) is 2.71. The van der Waals surface area contributed by atoms with Crippen LogP contribution in [-0.2, 0) is 0 Å². The molecule has 3 N–H and O–H groups in total. The van der Waals surface area contributed by atoms with Crippen LogP contribution in [0.3, 0.4) is 0 Å². The molecule has 2 aromatic carbocycles. The van der Waals surface area contributed by atoms with Crippen molar-refractivity contribution in [3.8, 4) is 0 Å². The van der Waals surface area contributed by atoms with E-state index in [9.17, 15) is 8.78 Å². The van der Waals surface area contributed by atoms with Crippen LogP contribution in [0.15, 0.2) is 46.9 Å². The van der Waals surface area contributed by atoms with Gasteiger partial charge in [-0.15, -0.1) is 0 Å². The molecule has 0 spiro atoms. The molecule has 1 unspecified atom stereocenters. The molecule has 0 amide bonds. The van der Waals surface area contributed by atoms with Crippen LogP contribution in [0.5, 0.6) is 0 Å². The molecule has 108 valence electrons. The Hall–Kier alpha value is -1.95. The zero-order chi connectivity index (χ0) is 15.0. The highest BCUT2D eigenvalue weighted by molar-refractivity contribution is 6.31. The molecule has 0 aliphatic carbocycles. The van der Waals surface area contributed by atoms with Crippen molar-refractivity contribution in [1.82, 2.24) is 5.43 Å². The number of rotatable bonds is 3. The SMILES string of the molecule is NNC(c1cc2cccc(F)c2o1)c1c(F)cccc1Cl. The summed E-state index contributed by atoms with van der Waals surface area (Å²) < 4.78 is 33.2. The predicted octanol–water partition coefficient (Wildman–Crippen LogP) is 3.92. The van der Waals surface area contributed by atoms with Crippen molar-refractivity contribution in [1.29, 1.82) is 0 Å². The summed E-state index contributed by atoms with van der Waals surface area (Å²) in [6, 6.07) is 9.66. The van der Waals surface area contributed by atoms with E-state index < -0.39 is 17.7 Å². The highest BCUT2D eigenvalue weighted by Gasteiger charge is 2.23. The molecule has 1 aromatic heterocycles. The number of furan rings is 1. The Bertz CT molecular complexity index is 783. The lowest BCUT2D eigenvalue weighted by Crippen LogP contribution is -2.29. The van der Waals surface area contributed by atoms with Crippen LogP contribution in [0.2, 0.25) is 5.02 Å². The lowest BCUT2D eigenvalue weighted by atomic mass is 10.0. The van der Waals surface area contributed by atoms with Gasteiger partial charge in [0, 0.05) is 16.0 Å². The van der Waals surface area contributed by atoms with Gasteiger partial charge >= 0.3 is 0 Å². The van der Waals surface area contributed by atoms with Crippen molar-refractivity contribution >= 4 is 22.6 Å². The van der Waals surface area contributed by atoms with E-state index >= 15 is 0 Å². The summed E-state index contributed by atoms with van der Waals surface area (Å²) in [4.78, 5) is 0. The van der Waals surface area contributed by atoms with Gasteiger partial charge in [0.25, 0.3) is 0 Å². The Morgan fingerprint density at radius 2 is 1.81 bits per heavy atom. The normalized spacial score (nSPS) is 12.8. The lowest BCUT2D eigenvalue weighted by Gasteiger charge is -2.16. The number of para-hydroxylation sites is 1. The van der Waals surface area contributed by atoms with Gasteiger partial charge in [0.1, 0.15) is 17.6 Å². The third-order valence-electron chi connectivity index (χ3n) is 3.25. The molecule has 0 aliphatic rings. The average Bonchev–Trinajstić information content (AvgIpc) is 2.88. The fourth-order valence-corrected chi connectivity index (χ4v) is 2.56. The van der Waals surface area contributed by atoms with Gasteiger partial charge in [-0.3, -0.25) is 5.84 Å². The number of benzene rings is 2. The maximum Gasteiger partial charge on any atom is 0.169 e. The Balaban J connectivity index is 2.16. The van der Waals surface area contributed by atoms with Gasteiger partial charge in [-0.25, -0.2) is 14.2 Å². The van der Waals surface area contributed by atoms with E-state index in [1.807, 2.05) is 0 Å². The molecular formula is C15H11ClF2N2O. The Morgan fingerprint density at radius 1 is 1.10 bits per heavy atom. The second kappa shape index (κ2) is 5.44. The van der Waals surface area contributed by atoms with E-state index in [0.29, 0.717) is 5.39 Å². The minimum Gasteiger partial charge on any atom is -0.456 e. The molecule has 3 nitrogen and oxygen atoms in total. The molecule has 0 saturated carbocycles. The topological polar surface area (TPSA) is 51.2 Å². The number of hydrogen-bond acceptors (Lipinski definition) is 3. The van der Waals surface area contributed by atoms with Gasteiger partial charge in [0.15, 0.2) is 11.4 Å². The summed E-state index contributed by atoms with van der Waals surface area (Å²) in [5.74, 6) is 4.77. The molecule has 0 fully saturated rings. The third kappa shape index (κ3) is 2.40. The number of hydrazine groups is 1. The van der Waals surface area contributed by atoms with Crippen LogP contribution < -0.4 is 11.3 Å². The van der Waals surface area contributed by atoms with Crippen molar-refractivity contribution in [3.63, 3.8) is 0 Å². The summed E-state index contributed by atoms with van der Waals surface area (Å²) in [7, 11) is 0. The van der Waals surface area contributed by atoms with Gasteiger partial charge < -0.3 is 4.42 Å². The minimum atomic E-state index is -0.814. The van der Waals surface area contributed by atoms with E-state index in [1.54, 1.807) is 24.3 Å². The van der Waals surface area contributed by atoms with Gasteiger partial charge in [-0.2, -0.15) is 0 Å². The van der Waals surface area contributed by atoms with Crippen LogP contribution in [0.4, 0.5) is 8.78 Å². The maximum absolute atomic E-state index is 14.0. The zero-order valence-electron chi connectivity index (χ0n) is 10.7. The van der Waals surface area contributed by atoms with Gasteiger partial charge in [-0.1, -0.05) is 29.8 Å². The fourth-order valence-electron chi connectivity index (χ4n) is 2.28. The fraction of sp³-hybridized carbons (Fsp3) is 0.0667. The van der Waals surface area contributed by atoms with E-state index in [4.69, 9.17) is 21.9 Å². The number of nitrogens with two attached hydrogens (primary N) is 1. The molecule has 6 heteroatoms. The van der Waals surface area contributed by atoms with Crippen molar-refractivity contribution in [2.75, 3.05) is 0 Å². The monoisotopic (exact) mass is 308 g/mol. The average molecular weight is 309 g/mol. The van der Waals surface area contributed by atoms with E-state index in [0.717, 1.165) is 0 Å². The number of nitrogens with one attached hydrogen (secondary N) is 1. The first-order valence-corrected chi connectivity index (χ1v) is 6.57. The number of halogens is 3. The van der Waals surface area contributed by atoms with Crippen LogP contribution in [-0.4, -0.2) is 0 Å². The zero-order valence-corrected chi connectivity index (χ0v) is 11.5. The van der Waals surface area contributed by atoms with Gasteiger partial charge in [0.2, 0.25) is 0 Å². The van der Waals surface area contributed by atoms with Gasteiger partial charge in [0.05, 0.1) is 0 Å². The molecule has 0 bridgehead atoms. The molecule has 21 heavy (non-hydrogen) atoms. The summed E-state index contributed by atoms with van der Waals surface area (Å²) >= 11 is 6.03. The molecule has 0 aliphatic heterocycles. The Kier molecular flexibility index (Phi) is 3.63. The molecular weight excluding hydrogens is 298 g/mol. The highest BCUT2D eigenvalue weighted by atomic mass is 35.5. The highest BCUT2D eigenvalue weighted by Crippen LogP contribution is 2.33. The summed E-state index contributed by atoms with van der Waals surface area (Å²) in [5, 5.41) is 0.775. The molecule has 3 aromatic rings. The van der Waals surface area contributed by atoms with Crippen molar-refractivity contribution in [2.24, 2.45) is 5.84 Å². The van der Waals surface area contributed by atoms with E-state index in [-0.39, 0.29) is 21.9 Å². The van der Waals surface area contributed by atoms with Gasteiger partial charge in [-0.05, 0) is 24.3 Å². The van der Waals surface area contributed by atoms with Crippen LogP contribution >= 0.6 is 11.6 Å². The van der Waals surface area contributed by atoms with Crippen LogP contribution in [0.25, 0.3) is 11.0 Å². The largest absolute Gasteiger partial charge is 0.456 e. The predicted molar refractivity (Wildman–Crippen MR) is 76.7 cm³/mol. The standard InChI is InChI=1S/C15H11ClF2N2O/c16-9-4-2-5-10(17)13(9)14(20-19)12-7-8-3-1-6-11(18)15(8)21-12/h1-7,14,20H,19H2. The number of fused-ring (bicyclic) bond motifs is 1. The van der Waals surface area contributed by atoms with Crippen molar-refractivity contribution in [2.45, 2.75) is 6.04 Å². The number of hydrogen-bond donors (Lipinski definition) is 2. The second-order valence-corrected chi connectivity index (χ2v) is 4.95. The first-order chi connectivity index (χ1) is 10.1. The third-order valence-corrected chi connectivity index (χ3v) is 3.58. The first kappa shape index (κ1) is 14.0. The van der Waals surface area contributed by atoms with Crippen molar-refractivity contribution in [3.05, 3.63) is 70.4 Å². The van der Waals surface area contributed by atoms with Crippen LogP contribution in [0, 0.1) is 11.6 Å². The summed E-state index contributed by atoms with van der Waals surface area (Å²) in [6.07, 6.45) is 0. The maximum atomic E-state index is 14.0. The lowest BCUT2D eigenvalue weighted by molar-refractivity contribution is 0.453. The minimum absolute atomic E-state index is 0.0974. The molecule has 1 atom stereocenters. The molecule has 0 radical (unpaired) electrons. The summed E-state index contributed by atoms with van der Waals surface area (Å²) in [6.45, 7) is 0. The van der Waals surface area contributed by atoms with E-state index in [1.165, 1.54) is 18.2 Å². The molecule has 1 heterocycles. The van der Waals surface area contributed by atoms with Crippen molar-refractivity contribution < 1.29 is 13.2 Å². The Morgan fingerprint density at radius 3 is 2.48 bits per heavy atom. The quantitative estimate of drug-likeness (QED) is 0.569. The smallest absolute Gasteiger partial charge is 0.169 e. The van der Waals surface area contributed by atoms with Crippen LogP contribution in [0.1, 0.15) is 17.4 Å².